The van der Waals surface area contributed by atoms with Crippen molar-refractivity contribution in [3.63, 3.8) is 0 Å². The molecule has 1 aromatic heterocycles. The van der Waals surface area contributed by atoms with Gasteiger partial charge in [0.05, 0.1) is 61.9 Å². The topological polar surface area (TPSA) is 158 Å². The number of aromatic nitrogens is 2. The van der Waals surface area contributed by atoms with Crippen LogP contribution in [-0.4, -0.2) is 55.1 Å². The van der Waals surface area contributed by atoms with Crippen molar-refractivity contribution >= 4 is 77.6 Å². The molecule has 5 rings (SSSR count). The number of benzene rings is 3. The predicted octanol–water partition coefficient (Wildman–Crippen LogP) is 3.92. The van der Waals surface area contributed by atoms with Gasteiger partial charge in [-0.2, -0.15) is 5.26 Å². The van der Waals surface area contributed by atoms with Gasteiger partial charge in [0.15, 0.2) is 11.0 Å². The van der Waals surface area contributed by atoms with Crippen LogP contribution < -0.4 is 43.9 Å². The van der Waals surface area contributed by atoms with E-state index in [0.29, 0.717) is 42.4 Å². The van der Waals surface area contributed by atoms with E-state index in [1.165, 1.54) is 0 Å². The molecule has 55 heavy (non-hydrogen) atoms. The van der Waals surface area contributed by atoms with E-state index in [0.717, 1.165) is 22.3 Å². The standard InChI is InChI=1S/C38H38Cl2N6O6S2.Na/c1-4-43-34-23-30(39)29(26-41)22-33(34)45(17-9-19-53(47,48)49)37(43)15-13-28(21-27-11-7-6-8-12-27)14-16-38-44(5-2)35-24-31(40)32(42-3)25-36(35)46(38)18-10-20-54(50,51)52;/h6-8,11-16,22-25H,4-5,9-10,17-21H2,1-2H3,(H-,47,48,49,50,51,52);/q;+1/p-1. The molecule has 4 aromatic rings. The fourth-order valence-corrected chi connectivity index (χ4v) is 7.94. The number of nitrogens with zero attached hydrogens (tertiary/aromatic N) is 6. The van der Waals surface area contributed by atoms with Crippen LogP contribution in [0.2, 0.25) is 10.0 Å². The molecule has 0 saturated carbocycles. The minimum atomic E-state index is -4.46. The molecule has 0 saturated heterocycles. The van der Waals surface area contributed by atoms with Crippen molar-refractivity contribution in [3.8, 4) is 6.07 Å². The molecule has 0 N–H and O–H groups in total. The third-order valence-corrected chi connectivity index (χ3v) is 11.1. The van der Waals surface area contributed by atoms with Gasteiger partial charge in [0.1, 0.15) is 11.9 Å². The van der Waals surface area contributed by atoms with Crippen LogP contribution in [0.5, 0.6) is 0 Å². The number of hydrogen-bond donors (Lipinski definition) is 0. The van der Waals surface area contributed by atoms with Crippen LogP contribution in [0.4, 0.5) is 17.1 Å². The monoisotopic (exact) mass is 830 g/mol. The molecule has 0 unspecified atom stereocenters. The molecule has 0 bridgehead atoms. The van der Waals surface area contributed by atoms with E-state index in [1.54, 1.807) is 24.3 Å². The maximum Gasteiger partial charge on any atom is 1.00 e. The number of rotatable bonds is 15. The van der Waals surface area contributed by atoms with Crippen LogP contribution in [-0.2, 0) is 39.7 Å². The van der Waals surface area contributed by atoms with Gasteiger partial charge in [-0.25, -0.2) is 30.8 Å². The van der Waals surface area contributed by atoms with E-state index < -0.39 is 31.7 Å². The van der Waals surface area contributed by atoms with E-state index >= 15 is 0 Å². The van der Waals surface area contributed by atoms with Gasteiger partial charge in [0.2, 0.25) is 5.69 Å². The summed E-state index contributed by atoms with van der Waals surface area (Å²) in [6, 6.07) is 18.7. The van der Waals surface area contributed by atoms with Gasteiger partial charge in [-0.3, -0.25) is 0 Å². The first kappa shape index (κ1) is 44.0. The molecule has 2 heterocycles. The van der Waals surface area contributed by atoms with Gasteiger partial charge in [0.25, 0.3) is 5.82 Å². The van der Waals surface area contributed by atoms with Crippen LogP contribution >= 0.6 is 23.2 Å². The molecule has 0 spiro atoms. The van der Waals surface area contributed by atoms with Crippen LogP contribution in [0.3, 0.4) is 0 Å². The Bertz CT molecular complexity index is 2470. The van der Waals surface area contributed by atoms with Gasteiger partial charge >= 0.3 is 29.6 Å². The van der Waals surface area contributed by atoms with Gasteiger partial charge in [-0.05, 0) is 62.5 Å². The second-order valence-electron chi connectivity index (χ2n) is 12.5. The molecule has 0 amide bonds. The zero-order chi connectivity index (χ0) is 39.2. The minimum Gasteiger partial charge on any atom is -0.748 e. The Kier molecular flexibility index (Phi) is 15.2. The Morgan fingerprint density at radius 3 is 2.24 bits per heavy atom. The number of nitriles is 1. The minimum absolute atomic E-state index is 0. The Morgan fingerprint density at radius 2 is 1.62 bits per heavy atom. The normalized spacial score (nSPS) is 14.0. The molecular formula is C38H37Cl2N6NaO6S2. The number of anilines is 2. The molecule has 0 fully saturated rings. The summed E-state index contributed by atoms with van der Waals surface area (Å²) in [6.07, 6.45) is 8.32. The predicted molar refractivity (Wildman–Crippen MR) is 209 cm³/mol. The van der Waals surface area contributed by atoms with Crippen molar-refractivity contribution in [3.05, 3.63) is 123 Å². The van der Waals surface area contributed by atoms with Crippen LogP contribution in [0, 0.1) is 17.9 Å². The molecule has 1 aliphatic heterocycles. The third kappa shape index (κ3) is 10.8. The molecular weight excluding hydrogens is 794 g/mol. The van der Waals surface area contributed by atoms with E-state index in [1.807, 2.05) is 87.4 Å². The van der Waals surface area contributed by atoms with E-state index in [2.05, 4.69) is 10.9 Å². The zero-order valence-corrected chi connectivity index (χ0v) is 35.7. The average molecular weight is 832 g/mol. The smallest absolute Gasteiger partial charge is 0.748 e. The summed E-state index contributed by atoms with van der Waals surface area (Å²) in [4.78, 5) is 7.44. The molecule has 0 aliphatic carbocycles. The summed E-state index contributed by atoms with van der Waals surface area (Å²) in [5, 5.41) is 10.3. The third-order valence-electron chi connectivity index (χ3n) is 8.95. The summed E-state index contributed by atoms with van der Waals surface area (Å²) in [6.45, 7) is 12.9. The molecule has 282 valence electrons. The summed E-state index contributed by atoms with van der Waals surface area (Å²) >= 11 is 12.9. The maximum absolute atomic E-state index is 11.5. The largest absolute Gasteiger partial charge is 1.00 e. The first-order valence-electron chi connectivity index (χ1n) is 17.1. The summed E-state index contributed by atoms with van der Waals surface area (Å²) in [5.74, 6) is 0.290. The Morgan fingerprint density at radius 1 is 0.945 bits per heavy atom. The van der Waals surface area contributed by atoms with Crippen molar-refractivity contribution in [2.24, 2.45) is 0 Å². The molecule has 1 aliphatic rings. The number of imidazole rings is 1. The van der Waals surface area contributed by atoms with Crippen molar-refractivity contribution in [2.75, 3.05) is 34.4 Å². The first-order chi connectivity index (χ1) is 25.7. The number of hydrogen-bond acceptors (Lipinski definition) is 9. The van der Waals surface area contributed by atoms with Crippen LogP contribution in [0.25, 0.3) is 22.0 Å². The van der Waals surface area contributed by atoms with Crippen LogP contribution in [0.1, 0.15) is 43.6 Å². The van der Waals surface area contributed by atoms with E-state index in [4.69, 9.17) is 29.8 Å². The average Bonchev–Trinajstić information content (AvgIpc) is 3.56. The maximum atomic E-state index is 11.5. The fraction of sp³-hybridized carbons (Fsp3) is 0.289. The van der Waals surface area contributed by atoms with E-state index in [-0.39, 0.29) is 76.8 Å². The molecule has 0 radical (unpaired) electrons. The number of aryl methyl sites for hydroxylation is 2. The molecule has 3 aromatic carbocycles. The van der Waals surface area contributed by atoms with Gasteiger partial charge in [-0.1, -0.05) is 65.7 Å². The molecule has 17 heteroatoms. The molecule has 0 atom stereocenters. The zero-order valence-electron chi connectivity index (χ0n) is 30.6. The molecule has 12 nitrogen and oxygen atoms in total. The van der Waals surface area contributed by atoms with Crippen molar-refractivity contribution in [1.82, 2.24) is 4.57 Å². The second kappa shape index (κ2) is 19.0. The fourth-order valence-electron chi connectivity index (χ4n) is 6.57. The Hall–Kier alpha value is -3.67. The van der Waals surface area contributed by atoms with Crippen molar-refractivity contribution < 1.29 is 60.1 Å². The van der Waals surface area contributed by atoms with Gasteiger partial charge in [0, 0.05) is 47.8 Å². The number of halogens is 2. The first-order valence-corrected chi connectivity index (χ1v) is 21.0. The van der Waals surface area contributed by atoms with Crippen LogP contribution in [0.15, 0.2) is 84.2 Å². The van der Waals surface area contributed by atoms with Crippen molar-refractivity contribution in [1.29, 1.82) is 5.26 Å². The van der Waals surface area contributed by atoms with Crippen molar-refractivity contribution in [2.45, 2.75) is 46.2 Å². The van der Waals surface area contributed by atoms with Gasteiger partial charge < -0.3 is 18.9 Å². The summed E-state index contributed by atoms with van der Waals surface area (Å²) in [5.41, 5.74) is 5.19. The SMILES string of the molecule is [C-]#[N+]c1cc2c(cc1Cl)N(CC)\C(=C/C=C(/C=C/c1n(CC)c3cc(Cl)c(C#N)cc3[n+]1CCCS(=O)(=O)[O-])Cc1ccccc1)N2CCCS(=O)(=O)[O-].[Na+]. The summed E-state index contributed by atoms with van der Waals surface area (Å²) < 4.78 is 73.0. The second-order valence-corrected chi connectivity index (χ2v) is 16.3. The number of fused-ring (bicyclic) bond motifs is 2. The Labute approximate surface area is 354 Å². The Balaban J connectivity index is 0.00000673. The number of allylic oxidation sites excluding steroid dienone is 4. The van der Waals surface area contributed by atoms with Gasteiger partial charge in [-0.15, -0.1) is 0 Å². The summed E-state index contributed by atoms with van der Waals surface area (Å²) in [7, 11) is -8.91. The quantitative estimate of drug-likeness (QED) is 0.0570. The van der Waals surface area contributed by atoms with E-state index in [9.17, 15) is 31.2 Å².